The molecule has 1 fully saturated rings. The maximum atomic E-state index is 12.4. The zero-order valence-corrected chi connectivity index (χ0v) is 18.3. The van der Waals surface area contributed by atoms with Crippen LogP contribution in [0.4, 0.5) is 5.95 Å². The number of likely N-dealkylation sites (tertiary alicyclic amines) is 1. The highest BCUT2D eigenvalue weighted by Crippen LogP contribution is 2.36. The summed E-state index contributed by atoms with van der Waals surface area (Å²) in [5, 5.41) is 13.7. The molecule has 154 valence electrons. The Kier molecular flexibility index (Phi) is 5.00. The molecule has 2 aliphatic rings. The minimum Gasteiger partial charge on any atom is -0.332 e. The number of aryl methyl sites for hydroxylation is 1. The number of halogens is 2. The summed E-state index contributed by atoms with van der Waals surface area (Å²) in [4.78, 5) is 19.6. The maximum absolute atomic E-state index is 12.4. The highest BCUT2D eigenvalue weighted by atomic mass is 35.5. The number of benzene rings is 1. The van der Waals surface area contributed by atoms with Gasteiger partial charge in [-0.2, -0.15) is 10.1 Å². The number of nitrogens with zero attached hydrogens (tertiary/aromatic N) is 5. The molecule has 0 N–H and O–H groups in total. The monoisotopic (exact) mass is 461 g/mol. The summed E-state index contributed by atoms with van der Waals surface area (Å²) in [7, 11) is 0. The lowest BCUT2D eigenvalue weighted by molar-refractivity contribution is -0.128. The maximum Gasteiger partial charge on any atom is 0.286 e. The quantitative estimate of drug-likeness (QED) is 0.565. The first-order valence-corrected chi connectivity index (χ1v) is 11.1. The molecular formula is C20H17Cl2N5O2S. The number of hydrogen-bond acceptors (Lipinski definition) is 7. The minimum absolute atomic E-state index is 0.137. The molecule has 2 aliphatic heterocycles. The second kappa shape index (κ2) is 7.68. The molecule has 3 aromatic rings. The van der Waals surface area contributed by atoms with Gasteiger partial charge in [-0.15, -0.1) is 11.3 Å². The SMILES string of the molecule is Cc1csc(-c2nc(N3CC(N4CCCC4=O)C(c4ccc(Cl)cc4)=N3)no2)c1Cl. The summed E-state index contributed by atoms with van der Waals surface area (Å²) in [6.07, 6.45) is 1.42. The Morgan fingerprint density at radius 1 is 1.23 bits per heavy atom. The third kappa shape index (κ3) is 3.38. The zero-order chi connectivity index (χ0) is 20.8. The number of thiophene rings is 1. The average Bonchev–Trinajstić information content (AvgIpc) is 3.50. The standard InChI is InChI=1S/C20H17Cl2N5O2S/c1-11-10-30-18(16(11)22)19-23-20(25-29-19)27-9-14(26-8-2-3-15(26)28)17(24-27)12-4-6-13(21)7-5-12/h4-7,10,14H,2-3,8-9H2,1H3. The Hall–Kier alpha value is -2.42. The van der Waals surface area contributed by atoms with Crippen LogP contribution in [0.2, 0.25) is 10.0 Å². The number of rotatable bonds is 4. The van der Waals surface area contributed by atoms with Gasteiger partial charge in [0.1, 0.15) is 4.88 Å². The van der Waals surface area contributed by atoms with Gasteiger partial charge in [-0.25, -0.2) is 5.01 Å². The first-order valence-electron chi connectivity index (χ1n) is 9.50. The summed E-state index contributed by atoms with van der Waals surface area (Å²) < 4.78 is 5.45. The van der Waals surface area contributed by atoms with Crippen LogP contribution in [0.5, 0.6) is 0 Å². The van der Waals surface area contributed by atoms with Crippen molar-refractivity contribution >= 4 is 52.1 Å². The largest absolute Gasteiger partial charge is 0.332 e. The van der Waals surface area contributed by atoms with E-state index in [2.05, 4.69) is 10.1 Å². The lowest BCUT2D eigenvalue weighted by atomic mass is 10.0. The highest BCUT2D eigenvalue weighted by molar-refractivity contribution is 7.14. The van der Waals surface area contributed by atoms with Crippen LogP contribution in [0.1, 0.15) is 24.0 Å². The lowest BCUT2D eigenvalue weighted by Crippen LogP contribution is -2.44. The van der Waals surface area contributed by atoms with E-state index in [0.717, 1.165) is 28.1 Å². The van der Waals surface area contributed by atoms with Crippen molar-refractivity contribution in [1.29, 1.82) is 0 Å². The molecule has 10 heteroatoms. The van der Waals surface area contributed by atoms with E-state index in [0.29, 0.717) is 41.4 Å². The molecule has 1 saturated heterocycles. The molecule has 0 bridgehead atoms. The fourth-order valence-corrected chi connectivity index (χ4v) is 5.04. The second-order valence-electron chi connectivity index (χ2n) is 7.24. The van der Waals surface area contributed by atoms with Crippen molar-refractivity contribution in [2.75, 3.05) is 18.1 Å². The predicted molar refractivity (Wildman–Crippen MR) is 117 cm³/mol. The van der Waals surface area contributed by atoms with Crippen molar-refractivity contribution in [2.45, 2.75) is 25.8 Å². The van der Waals surface area contributed by atoms with Crippen molar-refractivity contribution in [3.8, 4) is 10.8 Å². The molecule has 2 aromatic heterocycles. The molecule has 0 aliphatic carbocycles. The van der Waals surface area contributed by atoms with Crippen molar-refractivity contribution in [2.24, 2.45) is 5.10 Å². The summed E-state index contributed by atoms with van der Waals surface area (Å²) in [6.45, 7) is 3.10. The van der Waals surface area contributed by atoms with E-state index in [9.17, 15) is 4.79 Å². The minimum atomic E-state index is -0.185. The molecular weight excluding hydrogens is 445 g/mol. The number of carbonyl (C=O) groups is 1. The van der Waals surface area contributed by atoms with Gasteiger partial charge in [0.25, 0.3) is 11.8 Å². The van der Waals surface area contributed by atoms with Gasteiger partial charge in [0.15, 0.2) is 0 Å². The summed E-state index contributed by atoms with van der Waals surface area (Å²) in [5.74, 6) is 0.836. The molecule has 30 heavy (non-hydrogen) atoms. The molecule has 4 heterocycles. The van der Waals surface area contributed by atoms with Gasteiger partial charge in [0.05, 0.1) is 23.3 Å². The van der Waals surface area contributed by atoms with Crippen molar-refractivity contribution in [3.63, 3.8) is 0 Å². The Bertz CT molecular complexity index is 1140. The average molecular weight is 462 g/mol. The van der Waals surface area contributed by atoms with E-state index in [1.165, 1.54) is 11.3 Å². The number of aromatic nitrogens is 2. The molecule has 7 nitrogen and oxygen atoms in total. The Labute approximate surface area is 186 Å². The molecule has 1 amide bonds. The van der Waals surface area contributed by atoms with Gasteiger partial charge >= 0.3 is 0 Å². The van der Waals surface area contributed by atoms with E-state index < -0.39 is 0 Å². The number of amides is 1. The second-order valence-corrected chi connectivity index (χ2v) is 8.94. The van der Waals surface area contributed by atoms with Crippen LogP contribution < -0.4 is 5.01 Å². The smallest absolute Gasteiger partial charge is 0.286 e. The first-order chi connectivity index (χ1) is 14.5. The van der Waals surface area contributed by atoms with Crippen molar-refractivity contribution < 1.29 is 9.32 Å². The third-order valence-corrected chi connectivity index (χ3v) is 7.19. The molecule has 5 rings (SSSR count). The summed E-state index contributed by atoms with van der Waals surface area (Å²) in [6, 6.07) is 7.27. The normalized spacial score (nSPS) is 19.1. The summed E-state index contributed by atoms with van der Waals surface area (Å²) >= 11 is 13.8. The summed E-state index contributed by atoms with van der Waals surface area (Å²) in [5.41, 5.74) is 2.67. The fourth-order valence-electron chi connectivity index (χ4n) is 3.72. The van der Waals surface area contributed by atoms with Gasteiger partial charge in [0, 0.05) is 23.6 Å². The molecule has 0 saturated carbocycles. The number of hydrogen-bond donors (Lipinski definition) is 0. The van der Waals surface area contributed by atoms with Crippen LogP contribution in [-0.4, -0.2) is 45.8 Å². The Morgan fingerprint density at radius 3 is 2.70 bits per heavy atom. The third-order valence-electron chi connectivity index (χ3n) is 5.26. The van der Waals surface area contributed by atoms with E-state index in [4.69, 9.17) is 32.8 Å². The van der Waals surface area contributed by atoms with E-state index in [1.54, 1.807) is 5.01 Å². The van der Waals surface area contributed by atoms with Crippen LogP contribution in [0.3, 0.4) is 0 Å². The Morgan fingerprint density at radius 2 is 2.03 bits per heavy atom. The van der Waals surface area contributed by atoms with Crippen LogP contribution >= 0.6 is 34.5 Å². The van der Waals surface area contributed by atoms with Crippen LogP contribution in [0.25, 0.3) is 10.8 Å². The van der Waals surface area contributed by atoms with Crippen molar-refractivity contribution in [3.05, 3.63) is 50.8 Å². The lowest BCUT2D eigenvalue weighted by Gasteiger charge is -2.25. The molecule has 1 unspecified atom stereocenters. The van der Waals surface area contributed by atoms with Crippen molar-refractivity contribution in [1.82, 2.24) is 15.0 Å². The van der Waals surface area contributed by atoms with Gasteiger partial charge in [-0.05, 0) is 41.6 Å². The number of carbonyl (C=O) groups excluding carboxylic acids is 1. The van der Waals surface area contributed by atoms with Crippen LogP contribution in [0, 0.1) is 6.92 Å². The molecule has 0 radical (unpaired) electrons. The van der Waals surface area contributed by atoms with Gasteiger partial charge in [-0.1, -0.05) is 35.3 Å². The molecule has 1 aromatic carbocycles. The zero-order valence-electron chi connectivity index (χ0n) is 16.0. The van der Waals surface area contributed by atoms with Crippen LogP contribution in [-0.2, 0) is 4.79 Å². The first kappa shape index (κ1) is 19.5. The number of anilines is 1. The van der Waals surface area contributed by atoms with E-state index in [-0.39, 0.29) is 11.9 Å². The topological polar surface area (TPSA) is 74.8 Å². The fraction of sp³-hybridized carbons (Fsp3) is 0.300. The van der Waals surface area contributed by atoms with E-state index >= 15 is 0 Å². The molecule has 1 atom stereocenters. The number of hydrazone groups is 1. The van der Waals surface area contributed by atoms with Gasteiger partial charge in [0.2, 0.25) is 5.91 Å². The molecule has 0 spiro atoms. The highest BCUT2D eigenvalue weighted by Gasteiger charge is 2.38. The van der Waals surface area contributed by atoms with Gasteiger partial charge in [-0.3, -0.25) is 4.79 Å². The Balaban J connectivity index is 1.49. The predicted octanol–water partition coefficient (Wildman–Crippen LogP) is 4.63. The van der Waals surface area contributed by atoms with E-state index in [1.807, 2.05) is 41.5 Å². The van der Waals surface area contributed by atoms with Crippen LogP contribution in [0.15, 0.2) is 39.3 Å². The van der Waals surface area contributed by atoms with Gasteiger partial charge < -0.3 is 9.42 Å².